The Kier molecular flexibility index (Phi) is 8.18. The highest BCUT2D eigenvalue weighted by Crippen LogP contribution is 2.40. The van der Waals surface area contributed by atoms with Crippen molar-refractivity contribution >= 4 is 29.3 Å². The van der Waals surface area contributed by atoms with Crippen LogP contribution in [0, 0.1) is 5.92 Å². The topological polar surface area (TPSA) is 110 Å². The van der Waals surface area contributed by atoms with Gasteiger partial charge in [0.2, 0.25) is 5.91 Å². The largest absolute Gasteiger partial charge is 0.495 e. The smallest absolute Gasteiger partial charge is 0.409 e. The first-order valence-corrected chi connectivity index (χ1v) is 12.8. The first-order valence-electron chi connectivity index (χ1n) is 12.4. The molecule has 2 amide bonds. The standard InChI is InChI=1S/C27H35ClN2O7/c1-15-7-6-8-22(35-5)27(33)14-21(37-26(32)29-27)16(2)25-19(36-25)9-10-23(31)30(3)18-12-17(11-15)13-20(34-4)24(18)28/h6-8,12-13,16,19,21-22,25,33H,9-11,14H2,1-5H3,(H,29,32)/b8-6+,15-7+/t16-,19+,21?,22-,25+,27+/m1/s1. The molecule has 37 heavy (non-hydrogen) atoms. The van der Waals surface area contributed by atoms with Gasteiger partial charge in [0, 0.05) is 32.9 Å². The van der Waals surface area contributed by atoms with Gasteiger partial charge in [-0.15, -0.1) is 0 Å². The zero-order valence-corrected chi connectivity index (χ0v) is 22.6. The summed E-state index contributed by atoms with van der Waals surface area (Å²) < 4.78 is 22.4. The fourth-order valence-corrected chi connectivity index (χ4v) is 5.43. The molecule has 0 saturated carbocycles. The van der Waals surface area contributed by atoms with E-state index in [1.165, 1.54) is 7.11 Å². The van der Waals surface area contributed by atoms with Crippen LogP contribution in [0.4, 0.5) is 10.5 Å². The van der Waals surface area contributed by atoms with E-state index in [0.717, 1.165) is 11.1 Å². The molecule has 2 N–H and O–H groups in total. The van der Waals surface area contributed by atoms with Crippen LogP contribution >= 0.6 is 11.6 Å². The SMILES string of the molecule is COc1cc2cc(c1Cl)N(C)C(=O)CC[C@@H]1O[C@H]1[C@H](C)C1C[C@@](O)(NC(=O)O1)[C@H](OC)/C=C/C=C(\C)C2. The third-order valence-electron chi connectivity index (χ3n) is 7.37. The molecule has 3 aliphatic rings. The van der Waals surface area contributed by atoms with Crippen LogP contribution < -0.4 is 15.0 Å². The lowest BCUT2D eigenvalue weighted by molar-refractivity contribution is -0.142. The Balaban J connectivity index is 1.68. The molecule has 10 heteroatoms. The van der Waals surface area contributed by atoms with Gasteiger partial charge in [0.05, 0.1) is 25.0 Å². The van der Waals surface area contributed by atoms with E-state index in [1.807, 2.05) is 32.1 Å². The number of ether oxygens (including phenoxy) is 4. The molecular weight excluding hydrogens is 500 g/mol. The highest BCUT2D eigenvalue weighted by molar-refractivity contribution is 6.35. The Labute approximate surface area is 222 Å². The number of epoxide rings is 1. The maximum absolute atomic E-state index is 13.1. The number of methoxy groups -OCH3 is 2. The van der Waals surface area contributed by atoms with Crippen LogP contribution in [0.5, 0.6) is 5.75 Å². The van der Waals surface area contributed by atoms with Gasteiger partial charge < -0.3 is 29.0 Å². The molecule has 4 bridgehead atoms. The number of hydrogen-bond acceptors (Lipinski definition) is 7. The lowest BCUT2D eigenvalue weighted by Crippen LogP contribution is -2.63. The zero-order chi connectivity index (χ0) is 26.9. The number of halogens is 1. The van der Waals surface area contributed by atoms with Gasteiger partial charge in [0.1, 0.15) is 23.0 Å². The van der Waals surface area contributed by atoms with Crippen LogP contribution in [0.15, 0.2) is 35.9 Å². The number of carbonyl (C=O) groups excluding carboxylic acids is 2. The number of anilines is 1. The molecular formula is C27H35ClN2O7. The second-order valence-electron chi connectivity index (χ2n) is 10.0. The number of amides is 2. The Morgan fingerprint density at radius 1 is 1.24 bits per heavy atom. The van der Waals surface area contributed by atoms with Gasteiger partial charge in [-0.05, 0) is 37.5 Å². The van der Waals surface area contributed by atoms with Crippen LogP contribution in [0.3, 0.4) is 0 Å². The lowest BCUT2D eigenvalue weighted by Gasteiger charge is -2.41. The van der Waals surface area contributed by atoms with Crippen LogP contribution in [-0.4, -0.2) is 68.5 Å². The van der Waals surface area contributed by atoms with Crippen LogP contribution in [0.2, 0.25) is 5.02 Å². The molecule has 1 aromatic rings. The van der Waals surface area contributed by atoms with Crippen LogP contribution in [0.1, 0.15) is 38.7 Å². The number of carbonyl (C=O) groups is 2. The van der Waals surface area contributed by atoms with Crippen molar-refractivity contribution in [3.05, 3.63) is 46.5 Å². The minimum Gasteiger partial charge on any atom is -0.495 e. The summed E-state index contributed by atoms with van der Waals surface area (Å²) in [6.45, 7) is 3.89. The fourth-order valence-electron chi connectivity index (χ4n) is 5.12. The van der Waals surface area contributed by atoms with Gasteiger partial charge in [-0.25, -0.2) is 4.79 Å². The van der Waals surface area contributed by atoms with Gasteiger partial charge in [0.15, 0.2) is 5.72 Å². The van der Waals surface area contributed by atoms with Crippen molar-refractivity contribution in [3.63, 3.8) is 0 Å². The minimum absolute atomic E-state index is 0.0956. The van der Waals surface area contributed by atoms with Gasteiger partial charge in [-0.3, -0.25) is 10.1 Å². The van der Waals surface area contributed by atoms with E-state index in [2.05, 4.69) is 5.32 Å². The molecule has 3 heterocycles. The highest BCUT2D eigenvalue weighted by atomic mass is 35.5. The fraction of sp³-hybridized carbons (Fsp3) is 0.556. The number of alkyl carbamates (subject to hydrolysis) is 1. The van der Waals surface area contributed by atoms with Gasteiger partial charge in [-0.2, -0.15) is 0 Å². The molecule has 1 aromatic carbocycles. The van der Waals surface area contributed by atoms with Gasteiger partial charge in [-0.1, -0.05) is 42.3 Å². The van der Waals surface area contributed by atoms with E-state index < -0.39 is 24.0 Å². The molecule has 0 aromatic heterocycles. The van der Waals surface area contributed by atoms with Crippen LogP contribution in [-0.2, 0) is 25.4 Å². The quantitative estimate of drug-likeness (QED) is 0.556. The van der Waals surface area contributed by atoms with Gasteiger partial charge >= 0.3 is 6.09 Å². The number of aliphatic hydroxyl groups is 1. The Morgan fingerprint density at radius 3 is 2.70 bits per heavy atom. The average molecular weight is 535 g/mol. The molecule has 9 nitrogen and oxygen atoms in total. The molecule has 1 unspecified atom stereocenters. The average Bonchev–Trinajstić information content (AvgIpc) is 3.63. The summed E-state index contributed by atoms with van der Waals surface area (Å²) in [6, 6.07) is 3.75. The van der Waals surface area contributed by atoms with E-state index in [-0.39, 0.29) is 36.9 Å². The molecule has 6 atom stereocenters. The van der Waals surface area contributed by atoms with Crippen molar-refractivity contribution in [1.29, 1.82) is 0 Å². The molecule has 202 valence electrons. The highest BCUT2D eigenvalue weighted by Gasteiger charge is 2.52. The number of nitrogens with zero attached hydrogens (tertiary/aromatic N) is 1. The normalized spacial score (nSPS) is 34.9. The number of fused-ring (bicyclic) bond motifs is 5. The number of allylic oxidation sites excluding steroid dienone is 3. The van der Waals surface area contributed by atoms with Crippen molar-refractivity contribution < 1.29 is 33.6 Å². The summed E-state index contributed by atoms with van der Waals surface area (Å²) in [5.74, 6) is 0.213. The van der Waals surface area contributed by atoms with Crippen molar-refractivity contribution in [2.24, 2.45) is 5.92 Å². The number of rotatable bonds is 2. The number of benzene rings is 1. The van der Waals surface area contributed by atoms with Gasteiger partial charge in [0.25, 0.3) is 0 Å². The van der Waals surface area contributed by atoms with Crippen LogP contribution in [0.25, 0.3) is 0 Å². The Bertz CT molecular complexity index is 1110. The second kappa shape index (κ2) is 11.0. The molecule has 4 rings (SSSR count). The number of hydrogen-bond donors (Lipinski definition) is 2. The molecule has 0 spiro atoms. The summed E-state index contributed by atoms with van der Waals surface area (Å²) in [5.41, 5.74) is 0.875. The Morgan fingerprint density at radius 2 is 2.00 bits per heavy atom. The minimum atomic E-state index is -1.65. The molecule has 2 saturated heterocycles. The van der Waals surface area contributed by atoms with Crippen molar-refractivity contribution in [1.82, 2.24) is 5.32 Å². The molecule has 0 aliphatic carbocycles. The number of nitrogens with one attached hydrogen (secondary N) is 1. The summed E-state index contributed by atoms with van der Waals surface area (Å²) in [7, 11) is 4.73. The monoisotopic (exact) mass is 534 g/mol. The molecule has 0 radical (unpaired) electrons. The Hall–Kier alpha value is -2.59. The van der Waals surface area contributed by atoms with E-state index in [9.17, 15) is 14.7 Å². The van der Waals surface area contributed by atoms with Crippen molar-refractivity contribution in [3.8, 4) is 5.75 Å². The van der Waals surface area contributed by atoms with E-state index in [0.29, 0.717) is 29.3 Å². The zero-order valence-electron chi connectivity index (χ0n) is 21.8. The molecule has 3 aliphatic heterocycles. The predicted molar refractivity (Wildman–Crippen MR) is 139 cm³/mol. The lowest BCUT2D eigenvalue weighted by atomic mass is 9.87. The first-order chi connectivity index (χ1) is 17.6. The maximum Gasteiger partial charge on any atom is 0.409 e. The summed E-state index contributed by atoms with van der Waals surface area (Å²) in [5, 5.41) is 14.3. The summed E-state index contributed by atoms with van der Waals surface area (Å²) in [4.78, 5) is 27.0. The second-order valence-corrected chi connectivity index (χ2v) is 10.4. The predicted octanol–water partition coefficient (Wildman–Crippen LogP) is 3.76. The van der Waals surface area contributed by atoms with E-state index >= 15 is 0 Å². The van der Waals surface area contributed by atoms with E-state index in [4.69, 9.17) is 30.5 Å². The first kappa shape index (κ1) is 27.4. The summed E-state index contributed by atoms with van der Waals surface area (Å²) in [6.07, 6.45) is 4.48. The maximum atomic E-state index is 13.1. The van der Waals surface area contributed by atoms with Crippen molar-refractivity contribution in [2.75, 3.05) is 26.2 Å². The van der Waals surface area contributed by atoms with Crippen molar-refractivity contribution in [2.45, 2.75) is 69.7 Å². The summed E-state index contributed by atoms with van der Waals surface area (Å²) >= 11 is 6.58. The third kappa shape index (κ3) is 5.95. The van der Waals surface area contributed by atoms with E-state index in [1.54, 1.807) is 31.2 Å². The third-order valence-corrected chi connectivity index (χ3v) is 7.75. The molecule has 2 fully saturated rings.